The van der Waals surface area contributed by atoms with Crippen LogP contribution in [0.1, 0.15) is 26.2 Å². The number of hydrogen-bond acceptors (Lipinski definition) is 4. The van der Waals surface area contributed by atoms with Gasteiger partial charge in [-0.25, -0.2) is 21.6 Å². The first kappa shape index (κ1) is 12.9. The van der Waals surface area contributed by atoms with Crippen LogP contribution in [0, 0.1) is 0 Å². The molecule has 1 atom stereocenters. The van der Waals surface area contributed by atoms with E-state index in [0.29, 0.717) is 12.8 Å². The van der Waals surface area contributed by atoms with Gasteiger partial charge >= 0.3 is 0 Å². The molecular weight excluding hydrogens is 238 g/mol. The summed E-state index contributed by atoms with van der Waals surface area (Å²) >= 11 is 0. The minimum Gasteiger partial charge on any atom is -0.229 e. The number of sulfone groups is 1. The fourth-order valence-corrected chi connectivity index (χ4v) is 4.81. The highest BCUT2D eigenvalue weighted by atomic mass is 32.2. The second-order valence-electron chi connectivity index (χ2n) is 3.89. The first-order chi connectivity index (χ1) is 6.85. The van der Waals surface area contributed by atoms with E-state index >= 15 is 0 Å². The van der Waals surface area contributed by atoms with E-state index in [9.17, 15) is 16.8 Å². The molecule has 1 aliphatic heterocycles. The van der Waals surface area contributed by atoms with Gasteiger partial charge in [0.25, 0.3) is 0 Å². The number of hydrogen-bond donors (Lipinski definition) is 1. The molecule has 1 unspecified atom stereocenters. The first-order valence-corrected chi connectivity index (χ1v) is 8.52. The molecule has 1 fully saturated rings. The van der Waals surface area contributed by atoms with Gasteiger partial charge in [-0.3, -0.25) is 0 Å². The molecule has 5 nitrogen and oxygen atoms in total. The molecule has 1 aliphatic rings. The Morgan fingerprint density at radius 2 is 2.07 bits per heavy atom. The lowest BCUT2D eigenvalue weighted by atomic mass is 10.3. The zero-order valence-corrected chi connectivity index (χ0v) is 10.4. The summed E-state index contributed by atoms with van der Waals surface area (Å²) in [5.74, 6) is 0.117. The lowest BCUT2D eigenvalue weighted by molar-refractivity contribution is 0.559. The Labute approximate surface area is 91.2 Å². The molecule has 15 heavy (non-hydrogen) atoms. The Bertz CT molecular complexity index is 398. The number of rotatable bonds is 5. The zero-order valence-electron chi connectivity index (χ0n) is 8.77. The van der Waals surface area contributed by atoms with Gasteiger partial charge in [-0.1, -0.05) is 13.3 Å². The van der Waals surface area contributed by atoms with E-state index in [4.69, 9.17) is 0 Å². The molecular formula is C8H17NO4S2. The van der Waals surface area contributed by atoms with Crippen LogP contribution in [0.3, 0.4) is 0 Å². The molecule has 1 N–H and O–H groups in total. The van der Waals surface area contributed by atoms with Gasteiger partial charge in [0.15, 0.2) is 9.84 Å². The molecule has 1 saturated heterocycles. The van der Waals surface area contributed by atoms with Gasteiger partial charge in [0.2, 0.25) is 10.0 Å². The summed E-state index contributed by atoms with van der Waals surface area (Å²) in [5, 5.41) is 0. The minimum atomic E-state index is -3.29. The van der Waals surface area contributed by atoms with Gasteiger partial charge in [0, 0.05) is 6.04 Å². The van der Waals surface area contributed by atoms with Crippen LogP contribution < -0.4 is 4.72 Å². The molecule has 0 bridgehead atoms. The summed E-state index contributed by atoms with van der Waals surface area (Å²) in [5.41, 5.74) is 0. The second-order valence-corrected chi connectivity index (χ2v) is 7.99. The highest BCUT2D eigenvalue weighted by Crippen LogP contribution is 2.12. The zero-order chi connectivity index (χ0) is 11.5. The molecule has 1 rings (SSSR count). The van der Waals surface area contributed by atoms with Crippen LogP contribution in [-0.2, 0) is 19.9 Å². The summed E-state index contributed by atoms with van der Waals surface area (Å²) in [6.07, 6.45) is 1.81. The number of sulfonamides is 1. The van der Waals surface area contributed by atoms with Crippen molar-refractivity contribution in [2.75, 3.05) is 17.3 Å². The van der Waals surface area contributed by atoms with Crippen molar-refractivity contribution < 1.29 is 16.8 Å². The smallest absolute Gasteiger partial charge is 0.211 e. The van der Waals surface area contributed by atoms with Crippen LogP contribution >= 0.6 is 0 Å². The Kier molecular flexibility index (Phi) is 4.13. The largest absolute Gasteiger partial charge is 0.229 e. The summed E-state index contributed by atoms with van der Waals surface area (Å²) in [7, 11) is -6.31. The standard InChI is InChI=1S/C8H17NO4S2/c1-2-3-5-15(12,13)9-8-4-6-14(10,11)7-8/h8-9H,2-7H2,1H3. The van der Waals surface area contributed by atoms with Crippen LogP contribution in [-0.4, -0.2) is 40.1 Å². The van der Waals surface area contributed by atoms with Gasteiger partial charge in [-0.05, 0) is 12.8 Å². The Morgan fingerprint density at radius 1 is 1.40 bits per heavy atom. The summed E-state index contributed by atoms with van der Waals surface area (Å²) < 4.78 is 47.6. The van der Waals surface area contributed by atoms with Gasteiger partial charge in [0.05, 0.1) is 17.3 Å². The van der Waals surface area contributed by atoms with Gasteiger partial charge in [-0.15, -0.1) is 0 Å². The van der Waals surface area contributed by atoms with Crippen molar-refractivity contribution in [2.24, 2.45) is 0 Å². The topological polar surface area (TPSA) is 80.3 Å². The SMILES string of the molecule is CCCCS(=O)(=O)NC1CCS(=O)(=O)C1. The average molecular weight is 255 g/mol. The second kappa shape index (κ2) is 4.80. The predicted molar refractivity (Wildman–Crippen MR) is 58.9 cm³/mol. The minimum absolute atomic E-state index is 0.0572. The van der Waals surface area contributed by atoms with Crippen molar-refractivity contribution >= 4 is 19.9 Å². The fraction of sp³-hybridized carbons (Fsp3) is 1.00. The van der Waals surface area contributed by atoms with Crippen molar-refractivity contribution in [1.29, 1.82) is 0 Å². The normalized spacial score (nSPS) is 25.5. The molecule has 0 spiro atoms. The van der Waals surface area contributed by atoms with Crippen molar-refractivity contribution in [3.63, 3.8) is 0 Å². The van der Waals surface area contributed by atoms with Crippen molar-refractivity contribution in [3.05, 3.63) is 0 Å². The van der Waals surface area contributed by atoms with Crippen molar-refractivity contribution in [2.45, 2.75) is 32.2 Å². The quantitative estimate of drug-likeness (QED) is 0.743. The van der Waals surface area contributed by atoms with E-state index in [2.05, 4.69) is 4.72 Å². The monoisotopic (exact) mass is 255 g/mol. The van der Waals surface area contributed by atoms with Gasteiger partial charge in [0.1, 0.15) is 0 Å². The van der Waals surface area contributed by atoms with E-state index < -0.39 is 25.9 Å². The Hall–Kier alpha value is -0.140. The Balaban J connectivity index is 2.49. The summed E-state index contributed by atoms with van der Waals surface area (Å²) in [6.45, 7) is 1.91. The predicted octanol–water partition coefficient (Wildman–Crippen LogP) is -0.107. The molecule has 7 heteroatoms. The van der Waals surface area contributed by atoms with E-state index in [-0.39, 0.29) is 17.3 Å². The molecule has 0 radical (unpaired) electrons. The van der Waals surface area contributed by atoms with E-state index in [1.807, 2.05) is 6.92 Å². The molecule has 90 valence electrons. The maximum absolute atomic E-state index is 11.5. The van der Waals surface area contributed by atoms with Gasteiger partial charge in [-0.2, -0.15) is 0 Å². The molecule has 0 aliphatic carbocycles. The molecule has 0 aromatic heterocycles. The first-order valence-electron chi connectivity index (χ1n) is 5.05. The van der Waals surface area contributed by atoms with E-state index in [0.717, 1.165) is 6.42 Å². The van der Waals surface area contributed by atoms with E-state index in [1.165, 1.54) is 0 Å². The van der Waals surface area contributed by atoms with E-state index in [1.54, 1.807) is 0 Å². The Morgan fingerprint density at radius 3 is 2.53 bits per heavy atom. The van der Waals surface area contributed by atoms with Crippen LogP contribution in [0.5, 0.6) is 0 Å². The third-order valence-corrected chi connectivity index (χ3v) is 5.63. The summed E-state index contributed by atoms with van der Waals surface area (Å²) in [4.78, 5) is 0. The third-order valence-electron chi connectivity index (χ3n) is 2.35. The van der Waals surface area contributed by atoms with Crippen LogP contribution in [0.2, 0.25) is 0 Å². The van der Waals surface area contributed by atoms with Crippen LogP contribution in [0.4, 0.5) is 0 Å². The lowest BCUT2D eigenvalue weighted by Crippen LogP contribution is -2.37. The molecule has 0 saturated carbocycles. The fourth-order valence-electron chi connectivity index (χ4n) is 1.54. The molecule has 1 heterocycles. The third kappa shape index (κ3) is 4.48. The van der Waals surface area contributed by atoms with Gasteiger partial charge < -0.3 is 0 Å². The molecule has 0 aromatic carbocycles. The summed E-state index contributed by atoms with van der Waals surface area (Å²) in [6, 6.07) is -0.420. The maximum Gasteiger partial charge on any atom is 0.211 e. The van der Waals surface area contributed by atoms with Crippen molar-refractivity contribution in [3.8, 4) is 0 Å². The number of nitrogens with one attached hydrogen (secondary N) is 1. The maximum atomic E-state index is 11.5. The molecule has 0 aromatic rings. The number of unbranched alkanes of at least 4 members (excludes halogenated alkanes) is 1. The highest BCUT2D eigenvalue weighted by molar-refractivity contribution is 7.92. The van der Waals surface area contributed by atoms with Crippen LogP contribution in [0.15, 0.2) is 0 Å². The lowest BCUT2D eigenvalue weighted by Gasteiger charge is -2.10. The highest BCUT2D eigenvalue weighted by Gasteiger charge is 2.30. The van der Waals surface area contributed by atoms with Crippen molar-refractivity contribution in [1.82, 2.24) is 4.72 Å². The molecule has 0 amide bonds. The average Bonchev–Trinajstić information content (AvgIpc) is 2.41. The van der Waals surface area contributed by atoms with Crippen LogP contribution in [0.25, 0.3) is 0 Å².